The molecule has 106 valence electrons. The van der Waals surface area contributed by atoms with E-state index in [-0.39, 0.29) is 5.91 Å². The Morgan fingerprint density at radius 2 is 2.05 bits per heavy atom. The Morgan fingerprint density at radius 3 is 2.70 bits per heavy atom. The standard InChI is InChI=1S/C16H20N2O2/c1-2-18(15-7-4-3-5-8-15)11-6-10-17-16(19)14-9-12-20-13-14/h3-5,7-9,12-13H,2,6,10-11H2,1H3,(H,17,19). The lowest BCUT2D eigenvalue weighted by molar-refractivity contribution is 0.0953. The lowest BCUT2D eigenvalue weighted by atomic mass is 10.2. The van der Waals surface area contributed by atoms with E-state index in [9.17, 15) is 4.79 Å². The monoisotopic (exact) mass is 272 g/mol. The summed E-state index contributed by atoms with van der Waals surface area (Å²) in [7, 11) is 0. The minimum absolute atomic E-state index is 0.0819. The zero-order chi connectivity index (χ0) is 14.2. The molecule has 4 heteroatoms. The molecule has 0 fully saturated rings. The number of hydrogen-bond acceptors (Lipinski definition) is 3. The van der Waals surface area contributed by atoms with Crippen LogP contribution in [-0.2, 0) is 0 Å². The molecule has 0 atom stereocenters. The molecule has 1 heterocycles. The minimum atomic E-state index is -0.0819. The average molecular weight is 272 g/mol. The molecular formula is C16H20N2O2. The van der Waals surface area contributed by atoms with E-state index in [4.69, 9.17) is 4.42 Å². The van der Waals surface area contributed by atoms with Gasteiger partial charge in [-0.3, -0.25) is 4.79 Å². The van der Waals surface area contributed by atoms with Gasteiger partial charge in [-0.15, -0.1) is 0 Å². The van der Waals surface area contributed by atoms with Crippen LogP contribution in [-0.4, -0.2) is 25.5 Å². The Bertz CT molecular complexity index is 509. The molecule has 1 N–H and O–H groups in total. The highest BCUT2D eigenvalue weighted by molar-refractivity contribution is 5.93. The second-order valence-corrected chi connectivity index (χ2v) is 4.54. The number of carbonyl (C=O) groups excluding carboxylic acids is 1. The van der Waals surface area contributed by atoms with Crippen molar-refractivity contribution in [1.82, 2.24) is 5.32 Å². The summed E-state index contributed by atoms with van der Waals surface area (Å²) in [6, 6.07) is 12.0. The highest BCUT2D eigenvalue weighted by Gasteiger charge is 2.06. The summed E-state index contributed by atoms with van der Waals surface area (Å²) in [6.45, 7) is 4.68. The molecule has 1 aromatic carbocycles. The van der Waals surface area contributed by atoms with E-state index in [2.05, 4.69) is 29.3 Å². The van der Waals surface area contributed by atoms with Crippen LogP contribution in [0.5, 0.6) is 0 Å². The molecule has 2 aromatic rings. The van der Waals surface area contributed by atoms with E-state index in [1.165, 1.54) is 18.2 Å². The zero-order valence-electron chi connectivity index (χ0n) is 11.7. The van der Waals surface area contributed by atoms with Gasteiger partial charge < -0.3 is 14.6 Å². The third kappa shape index (κ3) is 3.88. The molecule has 0 bridgehead atoms. The van der Waals surface area contributed by atoms with E-state index in [1.807, 2.05) is 18.2 Å². The molecule has 0 saturated carbocycles. The molecule has 0 saturated heterocycles. The lowest BCUT2D eigenvalue weighted by Gasteiger charge is -2.23. The molecule has 4 nitrogen and oxygen atoms in total. The Kier molecular flexibility index (Phi) is 5.24. The molecule has 0 aliphatic heterocycles. The quantitative estimate of drug-likeness (QED) is 0.788. The molecule has 20 heavy (non-hydrogen) atoms. The number of hydrogen-bond donors (Lipinski definition) is 1. The van der Waals surface area contributed by atoms with Crippen LogP contribution in [0.1, 0.15) is 23.7 Å². The third-order valence-electron chi connectivity index (χ3n) is 3.18. The molecule has 0 radical (unpaired) electrons. The van der Waals surface area contributed by atoms with Crippen molar-refractivity contribution in [2.45, 2.75) is 13.3 Å². The van der Waals surface area contributed by atoms with Crippen molar-refractivity contribution in [3.8, 4) is 0 Å². The first-order chi connectivity index (χ1) is 9.81. The SMILES string of the molecule is CCN(CCCNC(=O)c1ccoc1)c1ccccc1. The van der Waals surface area contributed by atoms with Gasteiger partial charge >= 0.3 is 0 Å². The number of amides is 1. The van der Waals surface area contributed by atoms with Gasteiger partial charge in [-0.05, 0) is 31.5 Å². The fourth-order valence-electron chi connectivity index (χ4n) is 2.08. The predicted octanol–water partition coefficient (Wildman–Crippen LogP) is 2.93. The molecule has 0 unspecified atom stereocenters. The fourth-order valence-corrected chi connectivity index (χ4v) is 2.08. The maximum atomic E-state index is 11.7. The number of nitrogens with one attached hydrogen (secondary N) is 1. The maximum absolute atomic E-state index is 11.7. The van der Waals surface area contributed by atoms with E-state index in [0.717, 1.165) is 19.5 Å². The Morgan fingerprint density at radius 1 is 1.25 bits per heavy atom. The van der Waals surface area contributed by atoms with Gasteiger partial charge in [-0.1, -0.05) is 18.2 Å². The van der Waals surface area contributed by atoms with Gasteiger partial charge in [0.05, 0.1) is 11.8 Å². The number of nitrogens with zero attached hydrogens (tertiary/aromatic N) is 1. The van der Waals surface area contributed by atoms with Crippen molar-refractivity contribution in [3.05, 3.63) is 54.5 Å². The molecule has 2 rings (SSSR count). The van der Waals surface area contributed by atoms with Gasteiger partial charge in [0, 0.05) is 25.3 Å². The average Bonchev–Trinajstić information content (AvgIpc) is 3.02. The van der Waals surface area contributed by atoms with Gasteiger partial charge in [-0.25, -0.2) is 0 Å². The van der Waals surface area contributed by atoms with E-state index >= 15 is 0 Å². The molecular weight excluding hydrogens is 252 g/mol. The van der Waals surface area contributed by atoms with Crippen LogP contribution in [0.4, 0.5) is 5.69 Å². The van der Waals surface area contributed by atoms with E-state index in [0.29, 0.717) is 12.1 Å². The first kappa shape index (κ1) is 14.2. The van der Waals surface area contributed by atoms with Crippen LogP contribution in [0.25, 0.3) is 0 Å². The lowest BCUT2D eigenvalue weighted by Crippen LogP contribution is -2.29. The Labute approximate surface area is 119 Å². The Balaban J connectivity index is 1.73. The van der Waals surface area contributed by atoms with E-state index < -0.39 is 0 Å². The van der Waals surface area contributed by atoms with Gasteiger partial charge in [0.1, 0.15) is 6.26 Å². The summed E-state index contributed by atoms with van der Waals surface area (Å²) in [5.41, 5.74) is 1.79. The fraction of sp³-hybridized carbons (Fsp3) is 0.312. The minimum Gasteiger partial charge on any atom is -0.472 e. The number of rotatable bonds is 7. The predicted molar refractivity (Wildman–Crippen MR) is 80.0 cm³/mol. The summed E-state index contributed by atoms with van der Waals surface area (Å²) in [5, 5.41) is 2.89. The van der Waals surface area contributed by atoms with Crippen molar-refractivity contribution < 1.29 is 9.21 Å². The highest BCUT2D eigenvalue weighted by Crippen LogP contribution is 2.12. The second-order valence-electron chi connectivity index (χ2n) is 4.54. The molecule has 0 spiro atoms. The van der Waals surface area contributed by atoms with Crippen LogP contribution in [0.3, 0.4) is 0 Å². The summed E-state index contributed by atoms with van der Waals surface area (Å²) in [4.78, 5) is 14.0. The van der Waals surface area contributed by atoms with Crippen molar-refractivity contribution in [1.29, 1.82) is 0 Å². The number of carbonyl (C=O) groups is 1. The van der Waals surface area contributed by atoms with E-state index in [1.54, 1.807) is 6.07 Å². The van der Waals surface area contributed by atoms with Gasteiger partial charge in [-0.2, -0.15) is 0 Å². The maximum Gasteiger partial charge on any atom is 0.254 e. The van der Waals surface area contributed by atoms with Gasteiger partial charge in [0.25, 0.3) is 5.91 Å². The normalized spacial score (nSPS) is 10.2. The van der Waals surface area contributed by atoms with Crippen molar-refractivity contribution in [3.63, 3.8) is 0 Å². The second kappa shape index (κ2) is 7.38. The number of para-hydroxylation sites is 1. The topological polar surface area (TPSA) is 45.5 Å². The summed E-state index contributed by atoms with van der Waals surface area (Å²) < 4.78 is 4.89. The first-order valence-corrected chi connectivity index (χ1v) is 6.91. The molecule has 1 amide bonds. The number of furan rings is 1. The van der Waals surface area contributed by atoms with Crippen LogP contribution in [0.15, 0.2) is 53.3 Å². The van der Waals surface area contributed by atoms with Crippen LogP contribution in [0, 0.1) is 0 Å². The first-order valence-electron chi connectivity index (χ1n) is 6.91. The summed E-state index contributed by atoms with van der Waals surface area (Å²) in [5.74, 6) is -0.0819. The van der Waals surface area contributed by atoms with Crippen molar-refractivity contribution in [2.24, 2.45) is 0 Å². The number of benzene rings is 1. The number of anilines is 1. The third-order valence-corrected chi connectivity index (χ3v) is 3.18. The summed E-state index contributed by atoms with van der Waals surface area (Å²) >= 11 is 0. The van der Waals surface area contributed by atoms with Gasteiger partial charge in [0.15, 0.2) is 0 Å². The van der Waals surface area contributed by atoms with Crippen LogP contribution in [0.2, 0.25) is 0 Å². The summed E-state index contributed by atoms with van der Waals surface area (Å²) in [6.07, 6.45) is 3.87. The highest BCUT2D eigenvalue weighted by atomic mass is 16.3. The smallest absolute Gasteiger partial charge is 0.254 e. The van der Waals surface area contributed by atoms with Crippen molar-refractivity contribution >= 4 is 11.6 Å². The Hall–Kier alpha value is -2.23. The molecule has 1 aromatic heterocycles. The zero-order valence-corrected chi connectivity index (χ0v) is 11.7. The van der Waals surface area contributed by atoms with Gasteiger partial charge in [0.2, 0.25) is 0 Å². The molecule has 0 aliphatic rings. The molecule has 0 aliphatic carbocycles. The van der Waals surface area contributed by atoms with Crippen molar-refractivity contribution in [2.75, 3.05) is 24.5 Å². The largest absolute Gasteiger partial charge is 0.472 e. The van der Waals surface area contributed by atoms with Crippen LogP contribution >= 0.6 is 0 Å². The van der Waals surface area contributed by atoms with Crippen LogP contribution < -0.4 is 10.2 Å².